The first-order chi connectivity index (χ1) is 8.95. The molecule has 0 saturated carbocycles. The number of hydrogen-bond acceptors (Lipinski definition) is 5. The Morgan fingerprint density at radius 2 is 1.80 bits per heavy atom. The molecule has 0 radical (unpaired) electrons. The molecule has 0 spiro atoms. The van der Waals surface area contributed by atoms with Gasteiger partial charge in [0.1, 0.15) is 15.7 Å². The fraction of sp³-hybridized carbons (Fsp3) is 0.455. The molecule has 0 aliphatic heterocycles. The van der Waals surface area contributed by atoms with Gasteiger partial charge in [-0.1, -0.05) is 0 Å². The van der Waals surface area contributed by atoms with Crippen molar-refractivity contribution in [1.82, 2.24) is 4.31 Å². The summed E-state index contributed by atoms with van der Waals surface area (Å²) in [6, 6.07) is 2.19. The third-order valence-electron chi connectivity index (χ3n) is 2.78. The minimum Gasteiger partial charge on any atom is -0.399 e. The molecule has 0 fully saturated rings. The van der Waals surface area contributed by atoms with Gasteiger partial charge in [0.15, 0.2) is 0 Å². The summed E-state index contributed by atoms with van der Waals surface area (Å²) in [5, 5.41) is 0. The third-order valence-corrected chi connectivity index (χ3v) is 5.69. The molecule has 0 aliphatic carbocycles. The van der Waals surface area contributed by atoms with Crippen molar-refractivity contribution in [1.29, 1.82) is 0 Å². The van der Waals surface area contributed by atoms with Crippen LogP contribution in [0.2, 0.25) is 0 Å². The van der Waals surface area contributed by atoms with E-state index >= 15 is 0 Å². The maximum Gasteiger partial charge on any atom is 0.243 e. The van der Waals surface area contributed by atoms with E-state index in [1.807, 2.05) is 0 Å². The van der Waals surface area contributed by atoms with Crippen LogP contribution in [0.1, 0.15) is 5.56 Å². The first-order valence-electron chi connectivity index (χ1n) is 5.65. The number of sulfonamides is 1. The van der Waals surface area contributed by atoms with Crippen LogP contribution in [-0.2, 0) is 19.9 Å². The first kappa shape index (κ1) is 16.9. The van der Waals surface area contributed by atoms with Gasteiger partial charge in [-0.2, -0.15) is 4.31 Å². The number of nitrogen functional groups attached to an aromatic ring is 1. The molecule has 6 nitrogen and oxygen atoms in total. The predicted molar refractivity (Wildman–Crippen MR) is 75.1 cm³/mol. The quantitative estimate of drug-likeness (QED) is 0.790. The summed E-state index contributed by atoms with van der Waals surface area (Å²) in [4.78, 5) is -0.258. The monoisotopic (exact) mass is 324 g/mol. The summed E-state index contributed by atoms with van der Waals surface area (Å²) in [6.45, 7) is 1.11. The second-order valence-electron chi connectivity index (χ2n) is 4.58. The summed E-state index contributed by atoms with van der Waals surface area (Å²) in [7, 11) is -6.04. The fourth-order valence-electron chi connectivity index (χ4n) is 1.52. The van der Waals surface area contributed by atoms with Gasteiger partial charge >= 0.3 is 0 Å². The molecule has 1 rings (SSSR count). The summed E-state index contributed by atoms with van der Waals surface area (Å²) in [5.41, 5.74) is 5.39. The van der Waals surface area contributed by atoms with E-state index in [0.29, 0.717) is 0 Å². The number of sulfone groups is 1. The van der Waals surface area contributed by atoms with Crippen LogP contribution in [-0.4, -0.2) is 46.7 Å². The highest BCUT2D eigenvalue weighted by Gasteiger charge is 2.25. The highest BCUT2D eigenvalue weighted by molar-refractivity contribution is 7.91. The normalized spacial score (nSPS) is 12.8. The van der Waals surface area contributed by atoms with Gasteiger partial charge in [-0.25, -0.2) is 21.2 Å². The lowest BCUT2D eigenvalue weighted by molar-refractivity contribution is 0.483. The third kappa shape index (κ3) is 3.90. The second kappa shape index (κ2) is 5.66. The van der Waals surface area contributed by atoms with Crippen LogP contribution in [0, 0.1) is 12.7 Å². The Morgan fingerprint density at radius 1 is 1.25 bits per heavy atom. The lowest BCUT2D eigenvalue weighted by Gasteiger charge is -2.18. The molecule has 0 amide bonds. The van der Waals surface area contributed by atoms with Crippen LogP contribution in [0.3, 0.4) is 0 Å². The SMILES string of the molecule is Cc1c(F)cc(N)cc1S(=O)(=O)N(C)CCS(C)(=O)=O. The van der Waals surface area contributed by atoms with Gasteiger partial charge in [0.2, 0.25) is 10.0 Å². The summed E-state index contributed by atoms with van der Waals surface area (Å²) in [6.07, 6.45) is 1.01. The number of anilines is 1. The molecule has 0 unspecified atom stereocenters. The standard InChI is InChI=1S/C11H17FN2O4S2/c1-8-10(12)6-9(13)7-11(8)20(17,18)14(2)4-5-19(3,15)16/h6-7H,4-5,13H2,1-3H3. The number of nitrogens with two attached hydrogens (primary N) is 1. The highest BCUT2D eigenvalue weighted by atomic mass is 32.2. The van der Waals surface area contributed by atoms with Crippen LogP contribution in [0.15, 0.2) is 17.0 Å². The zero-order chi connectivity index (χ0) is 15.7. The Bertz CT molecular complexity index is 714. The van der Waals surface area contributed by atoms with Crippen molar-refractivity contribution in [2.24, 2.45) is 0 Å². The molecule has 0 heterocycles. The van der Waals surface area contributed by atoms with E-state index in [1.54, 1.807) is 0 Å². The second-order valence-corrected chi connectivity index (χ2v) is 8.86. The molecule has 20 heavy (non-hydrogen) atoms. The first-order valence-corrected chi connectivity index (χ1v) is 9.15. The Hall–Kier alpha value is -1.19. The van der Waals surface area contributed by atoms with Gasteiger partial charge in [-0.05, 0) is 19.1 Å². The van der Waals surface area contributed by atoms with Gasteiger partial charge in [0.05, 0.1) is 10.6 Å². The van der Waals surface area contributed by atoms with Crippen molar-refractivity contribution < 1.29 is 21.2 Å². The predicted octanol–water partition coefficient (Wildman–Crippen LogP) is 0.381. The highest BCUT2D eigenvalue weighted by Crippen LogP contribution is 2.24. The zero-order valence-electron chi connectivity index (χ0n) is 11.4. The van der Waals surface area contributed by atoms with Crippen molar-refractivity contribution in [2.75, 3.05) is 31.3 Å². The maximum atomic E-state index is 13.6. The average molecular weight is 324 g/mol. The van der Waals surface area contributed by atoms with Gasteiger partial charge in [0.25, 0.3) is 0 Å². The summed E-state index contributed by atoms with van der Waals surface area (Å²) < 4.78 is 61.1. The van der Waals surface area contributed by atoms with E-state index in [1.165, 1.54) is 14.0 Å². The number of hydrogen-bond donors (Lipinski definition) is 1. The van der Waals surface area contributed by atoms with Crippen molar-refractivity contribution in [2.45, 2.75) is 11.8 Å². The van der Waals surface area contributed by atoms with E-state index in [0.717, 1.165) is 22.7 Å². The number of rotatable bonds is 5. The van der Waals surface area contributed by atoms with Gasteiger partial charge in [0, 0.05) is 31.1 Å². The molecule has 9 heteroatoms. The Balaban J connectivity index is 3.17. The molecule has 0 aliphatic rings. The molecule has 0 aromatic heterocycles. The Labute approximate surface area is 118 Å². The van der Waals surface area contributed by atoms with E-state index in [-0.39, 0.29) is 28.4 Å². The summed E-state index contributed by atoms with van der Waals surface area (Å²) in [5.74, 6) is -1.04. The van der Waals surface area contributed by atoms with Crippen molar-refractivity contribution >= 4 is 25.5 Å². The lowest BCUT2D eigenvalue weighted by atomic mass is 10.2. The fourth-order valence-corrected chi connectivity index (χ4v) is 3.68. The average Bonchev–Trinajstić information content (AvgIpc) is 2.29. The number of benzene rings is 1. The Kier molecular flexibility index (Phi) is 4.78. The van der Waals surface area contributed by atoms with E-state index in [4.69, 9.17) is 5.73 Å². The zero-order valence-corrected chi connectivity index (χ0v) is 13.1. The molecule has 2 N–H and O–H groups in total. The van der Waals surface area contributed by atoms with E-state index in [2.05, 4.69) is 0 Å². The molecular weight excluding hydrogens is 307 g/mol. The number of nitrogens with zero attached hydrogens (tertiary/aromatic N) is 1. The molecule has 114 valence electrons. The van der Waals surface area contributed by atoms with Crippen LogP contribution in [0.25, 0.3) is 0 Å². The lowest BCUT2D eigenvalue weighted by Crippen LogP contribution is -2.32. The molecular formula is C11H17FN2O4S2. The van der Waals surface area contributed by atoms with Crippen molar-refractivity contribution in [3.8, 4) is 0 Å². The molecule has 0 bridgehead atoms. The smallest absolute Gasteiger partial charge is 0.243 e. The number of halogens is 1. The maximum absolute atomic E-state index is 13.6. The van der Waals surface area contributed by atoms with E-state index in [9.17, 15) is 21.2 Å². The van der Waals surface area contributed by atoms with Gasteiger partial charge < -0.3 is 5.73 Å². The topological polar surface area (TPSA) is 97.5 Å². The van der Waals surface area contributed by atoms with Crippen LogP contribution in [0.4, 0.5) is 10.1 Å². The van der Waals surface area contributed by atoms with Crippen LogP contribution < -0.4 is 5.73 Å². The minimum atomic E-state index is -3.99. The minimum absolute atomic E-state index is 0.0109. The molecule has 0 saturated heterocycles. The molecule has 1 aromatic rings. The van der Waals surface area contributed by atoms with Crippen LogP contribution in [0.5, 0.6) is 0 Å². The van der Waals surface area contributed by atoms with Crippen LogP contribution >= 0.6 is 0 Å². The van der Waals surface area contributed by atoms with Crippen molar-refractivity contribution in [3.05, 3.63) is 23.5 Å². The molecule has 1 aromatic carbocycles. The van der Waals surface area contributed by atoms with E-state index < -0.39 is 25.7 Å². The van der Waals surface area contributed by atoms with Gasteiger partial charge in [-0.3, -0.25) is 0 Å². The van der Waals surface area contributed by atoms with Crippen molar-refractivity contribution in [3.63, 3.8) is 0 Å². The largest absolute Gasteiger partial charge is 0.399 e. The Morgan fingerprint density at radius 3 is 2.30 bits per heavy atom. The van der Waals surface area contributed by atoms with Gasteiger partial charge in [-0.15, -0.1) is 0 Å². The summed E-state index contributed by atoms with van der Waals surface area (Å²) >= 11 is 0. The molecule has 0 atom stereocenters.